The molecule has 0 radical (unpaired) electrons. The first-order valence-corrected chi connectivity index (χ1v) is 7.78. The molecule has 0 saturated carbocycles. The highest BCUT2D eigenvalue weighted by Gasteiger charge is 2.11. The summed E-state index contributed by atoms with van der Waals surface area (Å²) in [6.07, 6.45) is 0. The maximum Gasteiger partial charge on any atom is 0.266 e. The van der Waals surface area contributed by atoms with Gasteiger partial charge in [0.15, 0.2) is 0 Å². The smallest absolute Gasteiger partial charge is 0.266 e. The van der Waals surface area contributed by atoms with Gasteiger partial charge in [0.25, 0.3) is 5.91 Å². The third-order valence-electron chi connectivity index (χ3n) is 2.61. The van der Waals surface area contributed by atoms with Crippen molar-refractivity contribution in [2.45, 2.75) is 0 Å². The molecule has 0 aliphatic heterocycles. The summed E-state index contributed by atoms with van der Waals surface area (Å²) >= 11 is 8.34. The minimum atomic E-state index is -0.162. The van der Waals surface area contributed by atoms with Crippen LogP contribution in [0.1, 0.15) is 9.67 Å². The van der Waals surface area contributed by atoms with E-state index in [-0.39, 0.29) is 5.91 Å². The van der Waals surface area contributed by atoms with E-state index in [9.17, 15) is 4.79 Å². The Bertz CT molecular complexity index is 736. The van der Waals surface area contributed by atoms with Gasteiger partial charge in [-0.25, -0.2) is 0 Å². The van der Waals surface area contributed by atoms with Gasteiger partial charge in [-0.3, -0.25) is 4.79 Å². The summed E-state index contributed by atoms with van der Waals surface area (Å²) in [5.74, 6) is -0.162. The van der Waals surface area contributed by atoms with Crippen LogP contribution in [0.5, 0.6) is 0 Å². The molecule has 20 heavy (non-hydrogen) atoms. The lowest BCUT2D eigenvalue weighted by molar-refractivity contribution is 0.103. The Kier molecular flexibility index (Phi) is 3.82. The van der Waals surface area contributed by atoms with Gasteiger partial charge in [0.05, 0.1) is 14.9 Å². The fraction of sp³-hybridized carbons (Fsp3) is 0. The van der Waals surface area contributed by atoms with E-state index in [1.54, 1.807) is 12.1 Å². The zero-order chi connectivity index (χ0) is 13.9. The number of hydrogen-bond acceptors (Lipinski definition) is 4. The highest BCUT2D eigenvalue weighted by atomic mass is 35.5. The van der Waals surface area contributed by atoms with E-state index in [0.717, 1.165) is 16.3 Å². The summed E-state index contributed by atoms with van der Waals surface area (Å²) < 4.78 is 4.94. The molecule has 0 spiro atoms. The molecule has 0 atom stereocenters. The highest BCUT2D eigenvalue weighted by Crippen LogP contribution is 2.27. The number of nitrogens with zero attached hydrogens (tertiary/aromatic N) is 1. The van der Waals surface area contributed by atoms with Crippen molar-refractivity contribution in [2.75, 3.05) is 5.32 Å². The summed E-state index contributed by atoms with van der Waals surface area (Å²) in [6, 6.07) is 15.1. The summed E-state index contributed by atoms with van der Waals surface area (Å²) in [5, 5.41) is 3.55. The normalized spacial score (nSPS) is 10.4. The maximum absolute atomic E-state index is 12.0. The Hall–Kier alpha value is -1.69. The van der Waals surface area contributed by atoms with Crippen molar-refractivity contribution in [3.05, 3.63) is 57.7 Å². The van der Waals surface area contributed by atoms with Crippen molar-refractivity contribution in [3.8, 4) is 11.3 Å². The van der Waals surface area contributed by atoms with Gasteiger partial charge in [0.1, 0.15) is 5.00 Å². The van der Waals surface area contributed by atoms with Crippen molar-refractivity contribution in [2.24, 2.45) is 0 Å². The van der Waals surface area contributed by atoms with Gasteiger partial charge in [-0.2, -0.15) is 4.37 Å². The van der Waals surface area contributed by atoms with Crippen LogP contribution in [-0.4, -0.2) is 10.3 Å². The van der Waals surface area contributed by atoms with E-state index in [2.05, 4.69) is 9.69 Å². The number of halogens is 1. The molecular formula is C14H9ClN2OS2. The van der Waals surface area contributed by atoms with Crippen molar-refractivity contribution >= 4 is 45.4 Å². The second-order valence-corrected chi connectivity index (χ2v) is 6.52. The number of carbonyl (C=O) groups is 1. The zero-order valence-corrected chi connectivity index (χ0v) is 12.6. The van der Waals surface area contributed by atoms with E-state index < -0.39 is 0 Å². The van der Waals surface area contributed by atoms with Crippen molar-refractivity contribution in [3.63, 3.8) is 0 Å². The van der Waals surface area contributed by atoms with E-state index >= 15 is 0 Å². The Morgan fingerprint density at radius 2 is 1.95 bits per heavy atom. The Balaban J connectivity index is 1.76. The van der Waals surface area contributed by atoms with Crippen LogP contribution in [0.15, 0.2) is 48.5 Å². The molecule has 0 aliphatic carbocycles. The molecule has 2 heterocycles. The highest BCUT2D eigenvalue weighted by molar-refractivity contribution is 7.18. The van der Waals surface area contributed by atoms with E-state index in [1.165, 1.54) is 22.9 Å². The standard InChI is InChI=1S/C14H9ClN2OS2/c15-12-7-6-11(19-12)14(18)16-13-8-10(17-20-13)9-4-2-1-3-5-9/h1-8H,(H,16,18). The first-order chi connectivity index (χ1) is 9.72. The van der Waals surface area contributed by atoms with Gasteiger partial charge in [-0.05, 0) is 23.7 Å². The summed E-state index contributed by atoms with van der Waals surface area (Å²) in [7, 11) is 0. The average Bonchev–Trinajstić information content (AvgIpc) is 3.09. The number of hydrogen-bond donors (Lipinski definition) is 1. The van der Waals surface area contributed by atoms with Crippen LogP contribution in [0, 0.1) is 0 Å². The zero-order valence-electron chi connectivity index (χ0n) is 10.2. The van der Waals surface area contributed by atoms with Crippen molar-refractivity contribution < 1.29 is 4.79 Å². The second kappa shape index (κ2) is 5.75. The molecule has 100 valence electrons. The third kappa shape index (κ3) is 2.90. The van der Waals surface area contributed by atoms with Gasteiger partial charge in [-0.15, -0.1) is 11.3 Å². The Morgan fingerprint density at radius 1 is 1.15 bits per heavy atom. The second-order valence-electron chi connectivity index (χ2n) is 4.00. The summed E-state index contributed by atoms with van der Waals surface area (Å²) in [4.78, 5) is 12.6. The predicted molar refractivity (Wildman–Crippen MR) is 84.8 cm³/mol. The van der Waals surface area contributed by atoms with Crippen LogP contribution in [0.4, 0.5) is 5.00 Å². The molecule has 0 fully saturated rings. The largest absolute Gasteiger partial charge is 0.312 e. The van der Waals surface area contributed by atoms with Crippen LogP contribution in [0.25, 0.3) is 11.3 Å². The molecule has 1 aromatic carbocycles. The average molecular weight is 321 g/mol. The minimum Gasteiger partial charge on any atom is -0.312 e. The quantitative estimate of drug-likeness (QED) is 0.754. The number of nitrogens with one attached hydrogen (secondary N) is 1. The number of benzene rings is 1. The van der Waals surface area contributed by atoms with Crippen molar-refractivity contribution in [1.29, 1.82) is 0 Å². The molecule has 3 nitrogen and oxygen atoms in total. The monoisotopic (exact) mass is 320 g/mol. The number of thiophene rings is 1. The van der Waals surface area contributed by atoms with Gasteiger partial charge in [-0.1, -0.05) is 41.9 Å². The van der Waals surface area contributed by atoms with Gasteiger partial charge in [0.2, 0.25) is 0 Å². The molecular weight excluding hydrogens is 312 g/mol. The van der Waals surface area contributed by atoms with E-state index in [4.69, 9.17) is 11.6 Å². The first-order valence-electron chi connectivity index (χ1n) is 5.81. The van der Waals surface area contributed by atoms with Gasteiger partial charge < -0.3 is 5.32 Å². The number of aromatic nitrogens is 1. The molecule has 0 unspecified atom stereocenters. The lowest BCUT2D eigenvalue weighted by Crippen LogP contribution is -2.08. The molecule has 6 heteroatoms. The summed E-state index contributed by atoms with van der Waals surface area (Å²) in [6.45, 7) is 0. The lowest BCUT2D eigenvalue weighted by atomic mass is 10.2. The van der Waals surface area contributed by atoms with Crippen molar-refractivity contribution in [1.82, 2.24) is 4.37 Å². The first kappa shape index (κ1) is 13.3. The molecule has 0 bridgehead atoms. The van der Waals surface area contributed by atoms with Crippen LogP contribution in [0.2, 0.25) is 4.34 Å². The summed E-state index contributed by atoms with van der Waals surface area (Å²) in [5.41, 5.74) is 1.89. The molecule has 3 rings (SSSR count). The SMILES string of the molecule is O=C(Nc1cc(-c2ccccc2)ns1)c1ccc(Cl)s1. The van der Waals surface area contributed by atoms with E-state index in [1.807, 2.05) is 36.4 Å². The number of rotatable bonds is 3. The van der Waals surface area contributed by atoms with Gasteiger partial charge >= 0.3 is 0 Å². The van der Waals surface area contributed by atoms with E-state index in [0.29, 0.717) is 9.21 Å². The van der Waals surface area contributed by atoms with Crippen LogP contribution in [0.3, 0.4) is 0 Å². The molecule has 0 aliphatic rings. The Morgan fingerprint density at radius 3 is 2.65 bits per heavy atom. The number of amides is 1. The Labute approximate surface area is 129 Å². The van der Waals surface area contributed by atoms with Gasteiger partial charge in [0, 0.05) is 11.6 Å². The fourth-order valence-electron chi connectivity index (χ4n) is 1.69. The number of carbonyl (C=O) groups excluding carboxylic acids is 1. The molecule has 2 aromatic heterocycles. The molecule has 0 saturated heterocycles. The third-order valence-corrected chi connectivity index (χ3v) is 4.55. The van der Waals surface area contributed by atoms with Crippen LogP contribution < -0.4 is 5.32 Å². The fourth-order valence-corrected chi connectivity index (χ4v) is 3.28. The lowest BCUT2D eigenvalue weighted by Gasteiger charge is -1.98. The predicted octanol–water partition coefficient (Wildman–Crippen LogP) is 4.78. The maximum atomic E-state index is 12.0. The molecule has 3 aromatic rings. The van der Waals surface area contributed by atoms with Crippen LogP contribution in [-0.2, 0) is 0 Å². The molecule has 1 amide bonds. The van der Waals surface area contributed by atoms with Crippen LogP contribution >= 0.6 is 34.5 Å². The topological polar surface area (TPSA) is 42.0 Å². The number of anilines is 1. The minimum absolute atomic E-state index is 0.162. The molecule has 1 N–H and O–H groups in total.